The van der Waals surface area contributed by atoms with Crippen LogP contribution in [0.4, 0.5) is 0 Å². The average molecular weight is 283 g/mol. The first-order valence-corrected chi connectivity index (χ1v) is 7.49. The fourth-order valence-electron chi connectivity index (χ4n) is 2.33. The molecular weight excluding hydrogens is 262 g/mol. The highest BCUT2D eigenvalue weighted by Crippen LogP contribution is 2.25. The summed E-state index contributed by atoms with van der Waals surface area (Å²) >= 11 is 0. The van der Waals surface area contributed by atoms with Gasteiger partial charge >= 0.3 is 0 Å². The highest BCUT2D eigenvalue weighted by atomic mass is 16.5. The van der Waals surface area contributed by atoms with Crippen molar-refractivity contribution in [1.82, 2.24) is 5.32 Å². The van der Waals surface area contributed by atoms with E-state index in [0.717, 1.165) is 16.9 Å². The van der Waals surface area contributed by atoms with Gasteiger partial charge in [-0.2, -0.15) is 0 Å². The quantitative estimate of drug-likeness (QED) is 0.820. The molecule has 3 heteroatoms. The number of ether oxygens (including phenoxy) is 1. The van der Waals surface area contributed by atoms with Gasteiger partial charge in [0.25, 0.3) is 0 Å². The van der Waals surface area contributed by atoms with Gasteiger partial charge in [-0.25, -0.2) is 0 Å². The SMILES string of the molecule is OCC(NC1CC1)c1ccc(OCc2ccccc2)cc1. The molecule has 110 valence electrons. The number of aliphatic hydroxyl groups is 1. The molecular formula is C18H21NO2. The Balaban J connectivity index is 1.58. The number of hydrogen-bond donors (Lipinski definition) is 2. The molecule has 0 bridgehead atoms. The number of hydrogen-bond acceptors (Lipinski definition) is 3. The molecule has 1 saturated carbocycles. The van der Waals surface area contributed by atoms with Crippen LogP contribution in [0.2, 0.25) is 0 Å². The first kappa shape index (κ1) is 14.1. The highest BCUT2D eigenvalue weighted by Gasteiger charge is 2.24. The van der Waals surface area contributed by atoms with Crippen molar-refractivity contribution in [2.45, 2.75) is 31.5 Å². The first-order chi connectivity index (χ1) is 10.3. The van der Waals surface area contributed by atoms with Crippen molar-refractivity contribution in [2.24, 2.45) is 0 Å². The number of rotatable bonds is 7. The fraction of sp³-hybridized carbons (Fsp3) is 0.333. The lowest BCUT2D eigenvalue weighted by molar-refractivity contribution is 0.243. The third kappa shape index (κ3) is 4.06. The van der Waals surface area contributed by atoms with Gasteiger partial charge < -0.3 is 15.2 Å². The molecule has 2 N–H and O–H groups in total. The van der Waals surface area contributed by atoms with Crippen molar-refractivity contribution >= 4 is 0 Å². The van der Waals surface area contributed by atoms with E-state index >= 15 is 0 Å². The first-order valence-electron chi connectivity index (χ1n) is 7.49. The molecule has 21 heavy (non-hydrogen) atoms. The molecule has 0 aromatic heterocycles. The maximum Gasteiger partial charge on any atom is 0.119 e. The Bertz CT molecular complexity index is 549. The monoisotopic (exact) mass is 283 g/mol. The van der Waals surface area contributed by atoms with Gasteiger partial charge in [-0.05, 0) is 36.1 Å². The molecule has 2 aromatic rings. The zero-order valence-electron chi connectivity index (χ0n) is 12.0. The molecule has 3 rings (SSSR count). The minimum absolute atomic E-state index is 0.0284. The largest absolute Gasteiger partial charge is 0.489 e. The van der Waals surface area contributed by atoms with E-state index < -0.39 is 0 Å². The van der Waals surface area contributed by atoms with E-state index in [4.69, 9.17) is 4.74 Å². The van der Waals surface area contributed by atoms with Crippen LogP contribution in [-0.2, 0) is 6.61 Å². The highest BCUT2D eigenvalue weighted by molar-refractivity contribution is 5.30. The van der Waals surface area contributed by atoms with Crippen LogP contribution < -0.4 is 10.1 Å². The molecule has 0 heterocycles. The van der Waals surface area contributed by atoms with E-state index in [1.54, 1.807) is 0 Å². The summed E-state index contributed by atoms with van der Waals surface area (Å²) in [5.74, 6) is 0.853. The molecule has 1 unspecified atom stereocenters. The van der Waals surface area contributed by atoms with Crippen LogP contribution in [0.1, 0.15) is 30.0 Å². The summed E-state index contributed by atoms with van der Waals surface area (Å²) < 4.78 is 5.77. The van der Waals surface area contributed by atoms with Crippen molar-refractivity contribution in [3.8, 4) is 5.75 Å². The summed E-state index contributed by atoms with van der Waals surface area (Å²) in [5, 5.41) is 12.9. The van der Waals surface area contributed by atoms with Gasteiger partial charge in [0.15, 0.2) is 0 Å². The Kier molecular flexibility index (Phi) is 4.53. The Morgan fingerprint density at radius 2 is 1.76 bits per heavy atom. The molecule has 0 aliphatic heterocycles. The van der Waals surface area contributed by atoms with Gasteiger partial charge in [-0.1, -0.05) is 42.5 Å². The smallest absolute Gasteiger partial charge is 0.119 e. The average Bonchev–Trinajstić information content (AvgIpc) is 3.36. The van der Waals surface area contributed by atoms with Gasteiger partial charge in [0.05, 0.1) is 12.6 Å². The molecule has 1 aliphatic carbocycles. The van der Waals surface area contributed by atoms with Crippen molar-refractivity contribution in [3.05, 3.63) is 65.7 Å². The Hall–Kier alpha value is -1.84. The second-order valence-electron chi connectivity index (χ2n) is 5.52. The topological polar surface area (TPSA) is 41.5 Å². The van der Waals surface area contributed by atoms with Crippen molar-refractivity contribution in [1.29, 1.82) is 0 Å². The number of nitrogens with one attached hydrogen (secondary N) is 1. The number of aliphatic hydroxyl groups excluding tert-OH is 1. The Morgan fingerprint density at radius 3 is 2.38 bits per heavy atom. The van der Waals surface area contributed by atoms with Crippen molar-refractivity contribution in [2.75, 3.05) is 6.61 Å². The summed E-state index contributed by atoms with van der Waals surface area (Å²) in [6, 6.07) is 18.7. The number of benzene rings is 2. The second-order valence-corrected chi connectivity index (χ2v) is 5.52. The van der Waals surface area contributed by atoms with Crippen LogP contribution in [0.25, 0.3) is 0 Å². The summed E-state index contributed by atoms with van der Waals surface area (Å²) in [6.45, 7) is 0.699. The van der Waals surface area contributed by atoms with Gasteiger partial charge in [0.1, 0.15) is 12.4 Å². The zero-order valence-corrected chi connectivity index (χ0v) is 12.0. The zero-order chi connectivity index (χ0) is 14.5. The van der Waals surface area contributed by atoms with Crippen LogP contribution in [-0.4, -0.2) is 17.8 Å². The lowest BCUT2D eigenvalue weighted by Gasteiger charge is -2.16. The molecule has 0 saturated heterocycles. The maximum absolute atomic E-state index is 9.48. The van der Waals surface area contributed by atoms with Gasteiger partial charge in [0.2, 0.25) is 0 Å². The third-order valence-corrected chi connectivity index (χ3v) is 3.73. The minimum Gasteiger partial charge on any atom is -0.489 e. The van der Waals surface area contributed by atoms with Crippen LogP contribution in [0, 0.1) is 0 Å². The second kappa shape index (κ2) is 6.74. The van der Waals surface area contributed by atoms with E-state index in [9.17, 15) is 5.11 Å². The van der Waals surface area contributed by atoms with Gasteiger partial charge in [-0.3, -0.25) is 0 Å². The Labute approximate surface area is 125 Å². The van der Waals surface area contributed by atoms with Crippen LogP contribution >= 0.6 is 0 Å². The van der Waals surface area contributed by atoms with E-state index in [2.05, 4.69) is 17.4 Å². The molecule has 1 aliphatic rings. The standard InChI is InChI=1S/C18H21NO2/c20-12-18(19-16-8-9-16)15-6-10-17(11-7-15)21-13-14-4-2-1-3-5-14/h1-7,10-11,16,18-20H,8-9,12-13H2. The predicted octanol–water partition coefficient (Wildman–Crippen LogP) is 3.05. The fourth-order valence-corrected chi connectivity index (χ4v) is 2.33. The predicted molar refractivity (Wildman–Crippen MR) is 83.2 cm³/mol. The van der Waals surface area contributed by atoms with Crippen molar-refractivity contribution < 1.29 is 9.84 Å². The van der Waals surface area contributed by atoms with Gasteiger partial charge in [0, 0.05) is 6.04 Å². The van der Waals surface area contributed by atoms with Gasteiger partial charge in [-0.15, -0.1) is 0 Å². The Morgan fingerprint density at radius 1 is 1.05 bits per heavy atom. The molecule has 0 spiro atoms. The minimum atomic E-state index is 0.0284. The van der Waals surface area contributed by atoms with E-state index in [0.29, 0.717) is 12.6 Å². The van der Waals surface area contributed by atoms with E-state index in [-0.39, 0.29) is 12.6 Å². The summed E-state index contributed by atoms with van der Waals surface area (Å²) in [4.78, 5) is 0. The van der Waals surface area contributed by atoms with Crippen LogP contribution in [0.15, 0.2) is 54.6 Å². The summed E-state index contributed by atoms with van der Waals surface area (Å²) in [5.41, 5.74) is 2.27. The molecule has 2 aromatic carbocycles. The molecule has 1 fully saturated rings. The molecule has 3 nitrogen and oxygen atoms in total. The maximum atomic E-state index is 9.48. The van der Waals surface area contributed by atoms with Crippen LogP contribution in [0.5, 0.6) is 5.75 Å². The lowest BCUT2D eigenvalue weighted by atomic mass is 10.1. The third-order valence-electron chi connectivity index (χ3n) is 3.73. The van der Waals surface area contributed by atoms with Crippen LogP contribution in [0.3, 0.4) is 0 Å². The normalized spacial score (nSPS) is 15.7. The molecule has 0 radical (unpaired) electrons. The van der Waals surface area contributed by atoms with Crippen molar-refractivity contribution in [3.63, 3.8) is 0 Å². The van der Waals surface area contributed by atoms with E-state index in [1.165, 1.54) is 12.8 Å². The lowest BCUT2D eigenvalue weighted by Crippen LogP contribution is -2.26. The molecule has 1 atom stereocenters. The summed E-state index contributed by atoms with van der Waals surface area (Å²) in [7, 11) is 0. The molecule has 0 amide bonds. The van der Waals surface area contributed by atoms with E-state index in [1.807, 2.05) is 42.5 Å². The summed E-state index contributed by atoms with van der Waals surface area (Å²) in [6.07, 6.45) is 2.43.